The van der Waals surface area contributed by atoms with Crippen LogP contribution in [-0.2, 0) is 10.8 Å². The van der Waals surface area contributed by atoms with Gasteiger partial charge in [0.15, 0.2) is 0 Å². The van der Waals surface area contributed by atoms with Gasteiger partial charge < -0.3 is 9.80 Å². The lowest BCUT2D eigenvalue weighted by molar-refractivity contribution is 0.633. The van der Waals surface area contributed by atoms with Gasteiger partial charge >= 0.3 is 0 Å². The van der Waals surface area contributed by atoms with Crippen LogP contribution in [0.1, 0.15) is 76.6 Å². The third kappa shape index (κ3) is 6.38. The van der Waals surface area contributed by atoms with Crippen LogP contribution in [-0.4, -0.2) is 18.8 Å². The van der Waals surface area contributed by atoms with Crippen LogP contribution in [0.2, 0.25) is 0 Å². The summed E-state index contributed by atoms with van der Waals surface area (Å²) in [5, 5.41) is 0. The molecule has 2 heterocycles. The summed E-state index contributed by atoms with van der Waals surface area (Å²) >= 11 is 7.39. The van der Waals surface area contributed by atoms with Gasteiger partial charge in [0, 0.05) is 91.0 Å². The monoisotopic (exact) mass is 814 g/mol. The van der Waals surface area contributed by atoms with Crippen LogP contribution in [0.3, 0.4) is 0 Å². The van der Waals surface area contributed by atoms with Gasteiger partial charge in [0.2, 0.25) is 17.1 Å². The van der Waals surface area contributed by atoms with Crippen molar-refractivity contribution in [2.45, 2.75) is 79.1 Å². The molecule has 0 spiro atoms. The molecular weight excluding hydrogens is 766 g/mol. The van der Waals surface area contributed by atoms with Crippen molar-refractivity contribution in [2.75, 3.05) is 22.9 Å². The van der Waals surface area contributed by atoms with Crippen LogP contribution >= 0.6 is 31.9 Å². The first-order valence-corrected chi connectivity index (χ1v) is 20.2. The number of fused-ring (bicyclic) bond motifs is 2. The highest BCUT2D eigenvalue weighted by Crippen LogP contribution is 2.49. The Morgan fingerprint density at radius 1 is 0.577 bits per heavy atom. The number of aryl methyl sites for hydroxylation is 2. The Kier molecular flexibility index (Phi) is 9.90. The van der Waals surface area contributed by atoms with E-state index in [9.17, 15) is 0 Å². The van der Waals surface area contributed by atoms with Crippen LogP contribution in [0.4, 0.5) is 22.7 Å². The second-order valence-corrected chi connectivity index (χ2v) is 17.2. The number of halogens is 2. The van der Waals surface area contributed by atoms with Crippen molar-refractivity contribution in [3.05, 3.63) is 163 Å². The maximum Gasteiger partial charge on any atom is 0.218 e. The standard InChI is InChI=1S/C47H50Br2N3/c1-9-50-41-25-11-31(3)29-39(41)46(5,6)43(50)27-15-33-13-14-34(16-28-44-47(7,8)40-30-32(4)12-26-42(40)51(44)10-2)45(33)52(37-21-17-35(48)18-22-37)38-23-19-36(49)20-24-38/h11-12,15-30H,9-10,13-14H2,1-8H3/q+1. The van der Waals surface area contributed by atoms with Crippen molar-refractivity contribution in [1.29, 1.82) is 0 Å². The molecule has 52 heavy (non-hydrogen) atoms. The molecule has 266 valence electrons. The van der Waals surface area contributed by atoms with E-state index in [1.165, 1.54) is 61.9 Å². The number of allylic oxidation sites excluding steroid dienone is 8. The van der Waals surface area contributed by atoms with Crippen LogP contribution < -0.4 is 14.4 Å². The maximum absolute atomic E-state index is 3.69. The Morgan fingerprint density at radius 3 is 1.33 bits per heavy atom. The summed E-state index contributed by atoms with van der Waals surface area (Å²) in [5.74, 6) is 0. The van der Waals surface area contributed by atoms with Crippen molar-refractivity contribution in [3.8, 4) is 0 Å². The minimum absolute atomic E-state index is 0.0988. The number of likely N-dealkylation sites (N-methyl/N-ethyl adjacent to an activating group) is 2. The van der Waals surface area contributed by atoms with Gasteiger partial charge in [-0.25, -0.2) is 0 Å². The zero-order chi connectivity index (χ0) is 36.9. The smallest absolute Gasteiger partial charge is 0.218 e. The summed E-state index contributed by atoms with van der Waals surface area (Å²) in [6, 6.07) is 31.3. The molecule has 0 saturated heterocycles. The van der Waals surface area contributed by atoms with E-state index in [2.05, 4.69) is 211 Å². The van der Waals surface area contributed by atoms with E-state index < -0.39 is 0 Å². The van der Waals surface area contributed by atoms with Gasteiger partial charge in [-0.05, 0) is 100 Å². The SMILES string of the molecule is CCN1C(=C/C=C2\CC/C(=C\C=C3\N(CC)c4ccc(C)cc4C3(C)C)C2=[N+](c2ccc(Br)cc2)c2ccc(Br)cc2)C(C)(C)c2cc(C)ccc21. The Hall–Kier alpha value is -3.93. The highest BCUT2D eigenvalue weighted by atomic mass is 79.9. The lowest BCUT2D eigenvalue weighted by atomic mass is 9.83. The number of rotatable bonds is 6. The number of benzene rings is 4. The van der Waals surface area contributed by atoms with Gasteiger partial charge in [-0.2, -0.15) is 4.58 Å². The van der Waals surface area contributed by atoms with Gasteiger partial charge in [0.25, 0.3) is 0 Å². The summed E-state index contributed by atoms with van der Waals surface area (Å²) in [7, 11) is 0. The van der Waals surface area contributed by atoms with Gasteiger partial charge in [0.1, 0.15) is 0 Å². The molecule has 0 radical (unpaired) electrons. The first-order valence-electron chi connectivity index (χ1n) is 18.6. The summed E-state index contributed by atoms with van der Waals surface area (Å²) in [6.07, 6.45) is 11.6. The van der Waals surface area contributed by atoms with Crippen molar-refractivity contribution in [2.24, 2.45) is 0 Å². The number of anilines is 2. The van der Waals surface area contributed by atoms with E-state index in [-0.39, 0.29) is 10.8 Å². The Bertz CT molecular complexity index is 2040. The van der Waals surface area contributed by atoms with Crippen molar-refractivity contribution >= 4 is 60.3 Å². The topological polar surface area (TPSA) is 9.49 Å². The predicted octanol–water partition coefficient (Wildman–Crippen LogP) is 13.2. The average molecular weight is 817 g/mol. The molecular formula is C47H50Br2N3+. The van der Waals surface area contributed by atoms with E-state index >= 15 is 0 Å². The fraction of sp³-hybridized carbons (Fsp3) is 0.298. The largest absolute Gasteiger partial charge is 0.344 e. The zero-order valence-electron chi connectivity index (χ0n) is 31.8. The second-order valence-electron chi connectivity index (χ2n) is 15.4. The van der Waals surface area contributed by atoms with Crippen LogP contribution in [0, 0.1) is 13.8 Å². The zero-order valence-corrected chi connectivity index (χ0v) is 35.0. The van der Waals surface area contributed by atoms with Crippen molar-refractivity contribution in [3.63, 3.8) is 0 Å². The second kappa shape index (κ2) is 14.1. The van der Waals surface area contributed by atoms with Gasteiger partial charge in [0.05, 0.1) is 0 Å². The van der Waals surface area contributed by atoms with Crippen LogP contribution in [0.5, 0.6) is 0 Å². The lowest BCUT2D eigenvalue weighted by Crippen LogP contribution is -2.26. The third-order valence-corrected chi connectivity index (χ3v) is 12.3. The minimum Gasteiger partial charge on any atom is -0.344 e. The summed E-state index contributed by atoms with van der Waals surface area (Å²) in [5.41, 5.74) is 16.8. The molecule has 3 nitrogen and oxygen atoms in total. The summed E-state index contributed by atoms with van der Waals surface area (Å²) in [4.78, 5) is 5.01. The first-order chi connectivity index (χ1) is 24.8. The molecule has 1 fully saturated rings. The highest BCUT2D eigenvalue weighted by molar-refractivity contribution is 9.10. The molecule has 0 N–H and O–H groups in total. The molecule has 7 rings (SSSR count). The third-order valence-electron chi connectivity index (χ3n) is 11.3. The number of hydrogen-bond donors (Lipinski definition) is 0. The van der Waals surface area contributed by atoms with E-state index in [0.717, 1.165) is 46.3 Å². The quantitative estimate of drug-likeness (QED) is 0.179. The molecule has 5 heteroatoms. The highest BCUT2D eigenvalue weighted by Gasteiger charge is 2.41. The average Bonchev–Trinajstić information content (AvgIpc) is 3.68. The minimum atomic E-state index is -0.0988. The fourth-order valence-electron chi connectivity index (χ4n) is 8.53. The molecule has 3 aliphatic rings. The molecule has 0 atom stereocenters. The van der Waals surface area contributed by atoms with Gasteiger partial charge in [-0.15, -0.1) is 0 Å². The lowest BCUT2D eigenvalue weighted by Gasteiger charge is -2.26. The molecule has 4 aromatic carbocycles. The Morgan fingerprint density at radius 2 is 0.962 bits per heavy atom. The fourth-order valence-corrected chi connectivity index (χ4v) is 9.06. The predicted molar refractivity (Wildman–Crippen MR) is 231 cm³/mol. The van der Waals surface area contributed by atoms with Crippen molar-refractivity contribution in [1.82, 2.24) is 4.58 Å². The molecule has 1 saturated carbocycles. The van der Waals surface area contributed by atoms with Crippen molar-refractivity contribution < 1.29 is 0 Å². The molecule has 0 unspecified atom stereocenters. The van der Waals surface area contributed by atoms with Gasteiger partial charge in [-0.1, -0.05) is 107 Å². The first kappa shape index (κ1) is 36.4. The number of nitrogens with zero attached hydrogens (tertiary/aromatic N) is 3. The summed E-state index contributed by atoms with van der Waals surface area (Å²) in [6.45, 7) is 20.3. The molecule has 0 bridgehead atoms. The number of hydrogen-bond acceptors (Lipinski definition) is 2. The normalized spacial score (nSPS) is 20.5. The van der Waals surface area contributed by atoms with Gasteiger partial charge in [-0.3, -0.25) is 0 Å². The van der Waals surface area contributed by atoms with Crippen LogP contribution in [0.25, 0.3) is 0 Å². The molecule has 1 aliphatic carbocycles. The van der Waals surface area contributed by atoms with E-state index in [1.54, 1.807) is 0 Å². The summed E-state index contributed by atoms with van der Waals surface area (Å²) < 4.78 is 4.60. The molecule has 0 aromatic heterocycles. The maximum atomic E-state index is 3.69. The van der Waals surface area contributed by atoms with E-state index in [4.69, 9.17) is 0 Å². The molecule has 2 aliphatic heterocycles. The Labute approximate surface area is 328 Å². The van der Waals surface area contributed by atoms with E-state index in [0.29, 0.717) is 0 Å². The Balaban J connectivity index is 1.44. The van der Waals surface area contributed by atoms with E-state index in [1.807, 2.05) is 0 Å². The molecule has 0 amide bonds. The molecule has 4 aromatic rings. The van der Waals surface area contributed by atoms with Crippen LogP contribution in [0.15, 0.2) is 141 Å².